The molecule has 0 bridgehead atoms. The molecule has 106 valence electrons. The average molecular weight is 328 g/mol. The zero-order valence-electron chi connectivity index (χ0n) is 11.9. The first-order valence-corrected chi connectivity index (χ1v) is 7.55. The molecule has 6 heteroatoms. The standard InChI is InChI=1S/C13H22BrN5/c1-4-15-12-11(14)13(17-9-16-12)19(3)8-10-5-6-18(2)7-10/h9-10H,4-8H2,1-3H3,(H,15,16,17). The van der Waals surface area contributed by atoms with Crippen molar-refractivity contribution in [3.8, 4) is 0 Å². The molecule has 0 amide bonds. The number of nitrogens with zero attached hydrogens (tertiary/aromatic N) is 4. The third kappa shape index (κ3) is 3.57. The van der Waals surface area contributed by atoms with Gasteiger partial charge >= 0.3 is 0 Å². The fourth-order valence-electron chi connectivity index (χ4n) is 2.57. The van der Waals surface area contributed by atoms with Gasteiger partial charge in [0, 0.05) is 26.7 Å². The van der Waals surface area contributed by atoms with Crippen LogP contribution < -0.4 is 10.2 Å². The number of hydrogen-bond acceptors (Lipinski definition) is 5. The zero-order valence-corrected chi connectivity index (χ0v) is 13.4. The van der Waals surface area contributed by atoms with Crippen LogP contribution in [0.2, 0.25) is 0 Å². The Labute approximate surface area is 123 Å². The molecule has 1 aromatic heterocycles. The maximum atomic E-state index is 4.40. The number of halogens is 1. The minimum Gasteiger partial charge on any atom is -0.369 e. The second kappa shape index (κ2) is 6.52. The van der Waals surface area contributed by atoms with E-state index in [2.05, 4.69) is 62.0 Å². The average Bonchev–Trinajstić information content (AvgIpc) is 2.77. The summed E-state index contributed by atoms with van der Waals surface area (Å²) >= 11 is 3.60. The van der Waals surface area contributed by atoms with E-state index >= 15 is 0 Å². The highest BCUT2D eigenvalue weighted by Crippen LogP contribution is 2.29. The fourth-order valence-corrected chi connectivity index (χ4v) is 3.21. The number of anilines is 2. The summed E-state index contributed by atoms with van der Waals surface area (Å²) in [5, 5.41) is 3.24. The number of rotatable bonds is 5. The van der Waals surface area contributed by atoms with Gasteiger partial charge in [-0.1, -0.05) is 0 Å². The van der Waals surface area contributed by atoms with Crippen LogP contribution >= 0.6 is 15.9 Å². The normalized spacial score (nSPS) is 19.7. The molecule has 2 rings (SSSR count). The van der Waals surface area contributed by atoms with Crippen LogP contribution in [0.15, 0.2) is 10.8 Å². The number of likely N-dealkylation sites (tertiary alicyclic amines) is 1. The predicted octanol–water partition coefficient (Wildman–Crippen LogP) is 2.06. The molecule has 1 aliphatic heterocycles. The topological polar surface area (TPSA) is 44.3 Å². The van der Waals surface area contributed by atoms with Crippen molar-refractivity contribution in [2.75, 3.05) is 50.5 Å². The van der Waals surface area contributed by atoms with Crippen LogP contribution in [-0.2, 0) is 0 Å². The van der Waals surface area contributed by atoms with Gasteiger partial charge in [0.15, 0.2) is 0 Å². The van der Waals surface area contributed by atoms with Crippen LogP contribution in [0, 0.1) is 5.92 Å². The van der Waals surface area contributed by atoms with E-state index < -0.39 is 0 Å². The molecular weight excluding hydrogens is 306 g/mol. The van der Waals surface area contributed by atoms with Crippen molar-refractivity contribution >= 4 is 27.6 Å². The molecule has 1 aliphatic rings. The van der Waals surface area contributed by atoms with E-state index in [1.165, 1.54) is 19.5 Å². The number of aromatic nitrogens is 2. The molecule has 0 aromatic carbocycles. The molecule has 0 spiro atoms. The molecule has 1 atom stereocenters. The minimum atomic E-state index is 0.722. The summed E-state index contributed by atoms with van der Waals surface area (Å²) in [5.74, 6) is 2.54. The van der Waals surface area contributed by atoms with E-state index in [1.807, 2.05) is 0 Å². The largest absolute Gasteiger partial charge is 0.369 e. The molecule has 1 fully saturated rings. The third-order valence-corrected chi connectivity index (χ3v) is 4.23. The molecule has 5 nitrogen and oxygen atoms in total. The summed E-state index contributed by atoms with van der Waals surface area (Å²) in [4.78, 5) is 13.3. The van der Waals surface area contributed by atoms with Gasteiger partial charge in [-0.2, -0.15) is 0 Å². The Kier molecular flexibility index (Phi) is 4.99. The Hall–Kier alpha value is -0.880. The van der Waals surface area contributed by atoms with Crippen LogP contribution in [0.1, 0.15) is 13.3 Å². The van der Waals surface area contributed by atoms with Crippen molar-refractivity contribution in [2.45, 2.75) is 13.3 Å². The molecule has 0 aliphatic carbocycles. The molecule has 0 saturated carbocycles. The highest BCUT2D eigenvalue weighted by atomic mass is 79.9. The molecule has 2 heterocycles. The molecule has 19 heavy (non-hydrogen) atoms. The predicted molar refractivity (Wildman–Crippen MR) is 82.8 cm³/mol. The van der Waals surface area contributed by atoms with Crippen LogP contribution in [0.3, 0.4) is 0 Å². The molecular formula is C13H22BrN5. The SMILES string of the molecule is CCNc1ncnc(N(C)CC2CCN(C)C2)c1Br. The maximum absolute atomic E-state index is 4.40. The van der Waals surface area contributed by atoms with Crippen LogP contribution in [0.4, 0.5) is 11.6 Å². The van der Waals surface area contributed by atoms with E-state index in [1.54, 1.807) is 6.33 Å². The van der Waals surface area contributed by atoms with Crippen LogP contribution in [0.5, 0.6) is 0 Å². The van der Waals surface area contributed by atoms with Gasteiger partial charge in [-0.05, 0) is 48.8 Å². The first kappa shape index (κ1) is 14.5. The Morgan fingerprint density at radius 1 is 1.53 bits per heavy atom. The van der Waals surface area contributed by atoms with Crippen molar-refractivity contribution < 1.29 is 0 Å². The van der Waals surface area contributed by atoms with Crippen molar-refractivity contribution in [3.05, 3.63) is 10.8 Å². The smallest absolute Gasteiger partial charge is 0.148 e. The van der Waals surface area contributed by atoms with Gasteiger partial charge in [-0.3, -0.25) is 0 Å². The summed E-state index contributed by atoms with van der Waals surface area (Å²) in [6, 6.07) is 0. The van der Waals surface area contributed by atoms with Crippen molar-refractivity contribution in [1.82, 2.24) is 14.9 Å². The Morgan fingerprint density at radius 3 is 2.95 bits per heavy atom. The molecule has 0 radical (unpaired) electrons. The van der Waals surface area contributed by atoms with Crippen LogP contribution in [-0.4, -0.2) is 55.1 Å². The molecule has 1 saturated heterocycles. The lowest BCUT2D eigenvalue weighted by molar-refractivity contribution is 0.395. The van der Waals surface area contributed by atoms with Gasteiger partial charge in [0.2, 0.25) is 0 Å². The van der Waals surface area contributed by atoms with Crippen molar-refractivity contribution in [1.29, 1.82) is 0 Å². The monoisotopic (exact) mass is 327 g/mol. The first-order chi connectivity index (χ1) is 9.11. The lowest BCUT2D eigenvalue weighted by atomic mass is 10.1. The third-order valence-electron chi connectivity index (χ3n) is 3.50. The molecule has 1 unspecified atom stereocenters. The number of hydrogen-bond donors (Lipinski definition) is 1. The summed E-state index contributed by atoms with van der Waals surface area (Å²) < 4.78 is 0.950. The van der Waals surface area contributed by atoms with E-state index in [-0.39, 0.29) is 0 Å². The summed E-state index contributed by atoms with van der Waals surface area (Å²) in [6.07, 6.45) is 2.89. The lowest BCUT2D eigenvalue weighted by Crippen LogP contribution is -2.28. The van der Waals surface area contributed by atoms with E-state index in [0.717, 1.165) is 35.1 Å². The highest BCUT2D eigenvalue weighted by molar-refractivity contribution is 9.10. The fraction of sp³-hybridized carbons (Fsp3) is 0.692. The lowest BCUT2D eigenvalue weighted by Gasteiger charge is -2.23. The quantitative estimate of drug-likeness (QED) is 0.896. The highest BCUT2D eigenvalue weighted by Gasteiger charge is 2.22. The zero-order chi connectivity index (χ0) is 13.8. The molecule has 1 N–H and O–H groups in total. The van der Waals surface area contributed by atoms with E-state index in [9.17, 15) is 0 Å². The second-order valence-electron chi connectivity index (χ2n) is 5.19. The van der Waals surface area contributed by atoms with Crippen molar-refractivity contribution in [2.24, 2.45) is 5.92 Å². The van der Waals surface area contributed by atoms with Gasteiger partial charge < -0.3 is 15.1 Å². The summed E-state index contributed by atoms with van der Waals surface area (Å²) in [7, 11) is 4.28. The second-order valence-corrected chi connectivity index (χ2v) is 5.98. The minimum absolute atomic E-state index is 0.722. The van der Waals surface area contributed by atoms with Gasteiger partial charge in [-0.25, -0.2) is 9.97 Å². The Bertz CT molecular complexity index is 425. The first-order valence-electron chi connectivity index (χ1n) is 6.75. The van der Waals surface area contributed by atoms with Gasteiger partial charge in [-0.15, -0.1) is 0 Å². The maximum Gasteiger partial charge on any atom is 0.148 e. The Morgan fingerprint density at radius 2 is 2.32 bits per heavy atom. The van der Waals surface area contributed by atoms with Crippen molar-refractivity contribution in [3.63, 3.8) is 0 Å². The Balaban J connectivity index is 2.06. The van der Waals surface area contributed by atoms with E-state index in [4.69, 9.17) is 0 Å². The van der Waals surface area contributed by atoms with Crippen LogP contribution in [0.25, 0.3) is 0 Å². The van der Waals surface area contributed by atoms with Gasteiger partial charge in [0.25, 0.3) is 0 Å². The summed E-state index contributed by atoms with van der Waals surface area (Å²) in [6.45, 7) is 6.32. The molecule has 1 aromatic rings. The van der Waals surface area contributed by atoms with E-state index in [0.29, 0.717) is 0 Å². The summed E-state index contributed by atoms with van der Waals surface area (Å²) in [5.41, 5.74) is 0. The number of nitrogens with one attached hydrogen (secondary N) is 1. The van der Waals surface area contributed by atoms with Gasteiger partial charge in [0.1, 0.15) is 22.4 Å². The van der Waals surface area contributed by atoms with Gasteiger partial charge in [0.05, 0.1) is 0 Å².